The summed E-state index contributed by atoms with van der Waals surface area (Å²) in [7, 11) is -7.71. The lowest BCUT2D eigenvalue weighted by Crippen LogP contribution is -2.14. The van der Waals surface area contributed by atoms with E-state index in [1.54, 1.807) is 36.4 Å². The fourth-order valence-corrected chi connectivity index (χ4v) is 5.18. The average molecular weight is 444 g/mol. The highest BCUT2D eigenvalue weighted by Crippen LogP contribution is 2.27. The maximum absolute atomic E-state index is 12.7. The minimum atomic E-state index is -3.90. The maximum Gasteiger partial charge on any atom is 0.261 e. The predicted molar refractivity (Wildman–Crippen MR) is 113 cm³/mol. The summed E-state index contributed by atoms with van der Waals surface area (Å²) >= 11 is 0. The molecule has 1 heterocycles. The molecule has 1 aliphatic rings. The molecule has 0 aliphatic carbocycles. The minimum absolute atomic E-state index is 0.00332. The van der Waals surface area contributed by atoms with Crippen LogP contribution in [0.15, 0.2) is 82.6 Å². The van der Waals surface area contributed by atoms with Crippen molar-refractivity contribution in [2.75, 3.05) is 14.8 Å². The number of anilines is 3. The van der Waals surface area contributed by atoms with Crippen LogP contribution in [0, 0.1) is 0 Å². The van der Waals surface area contributed by atoms with Crippen LogP contribution in [-0.2, 0) is 31.3 Å². The van der Waals surface area contributed by atoms with Crippen LogP contribution >= 0.6 is 0 Å². The second-order valence-electron chi connectivity index (χ2n) is 6.65. The molecule has 0 aromatic heterocycles. The first-order valence-corrected chi connectivity index (χ1v) is 11.8. The van der Waals surface area contributed by atoms with Crippen molar-refractivity contribution in [1.82, 2.24) is 0 Å². The van der Waals surface area contributed by atoms with Crippen molar-refractivity contribution in [1.29, 1.82) is 0 Å². The number of nitrogens with one attached hydrogen (secondary N) is 3. The molecule has 0 unspecified atom stereocenters. The Hall–Kier alpha value is -3.37. The molecular weight excluding hydrogens is 426 g/mol. The van der Waals surface area contributed by atoms with Gasteiger partial charge in [0.25, 0.3) is 20.0 Å². The highest BCUT2D eigenvalue weighted by atomic mass is 32.2. The smallest absolute Gasteiger partial charge is 0.261 e. The van der Waals surface area contributed by atoms with Crippen LogP contribution in [0.2, 0.25) is 0 Å². The van der Waals surface area contributed by atoms with Crippen LogP contribution in [-0.4, -0.2) is 22.7 Å². The first-order valence-electron chi connectivity index (χ1n) is 8.86. The summed E-state index contributed by atoms with van der Waals surface area (Å²) in [6.07, 6.45) is 0.125. The zero-order valence-electron chi connectivity index (χ0n) is 15.5. The van der Waals surface area contributed by atoms with Crippen molar-refractivity contribution in [3.8, 4) is 0 Å². The van der Waals surface area contributed by atoms with E-state index in [9.17, 15) is 21.6 Å². The van der Waals surface area contributed by atoms with Gasteiger partial charge >= 0.3 is 0 Å². The van der Waals surface area contributed by atoms with E-state index in [1.807, 2.05) is 0 Å². The van der Waals surface area contributed by atoms with Gasteiger partial charge in [-0.05, 0) is 60.2 Å². The minimum Gasteiger partial charge on any atom is -0.326 e. The van der Waals surface area contributed by atoms with Gasteiger partial charge in [0.15, 0.2) is 0 Å². The number of sulfonamides is 2. The van der Waals surface area contributed by atoms with E-state index in [1.165, 1.54) is 36.4 Å². The van der Waals surface area contributed by atoms with Crippen LogP contribution in [0.25, 0.3) is 0 Å². The molecule has 3 N–H and O–H groups in total. The molecule has 0 bridgehead atoms. The largest absolute Gasteiger partial charge is 0.326 e. The molecule has 3 aromatic rings. The molecule has 0 saturated heterocycles. The van der Waals surface area contributed by atoms with E-state index >= 15 is 0 Å². The SMILES string of the molecule is O=C1Cc2cc(S(=O)(=O)Nc3ccc(S(=O)(=O)Nc4ccccc4)cc3)ccc2N1. The van der Waals surface area contributed by atoms with Crippen LogP contribution in [0.4, 0.5) is 17.1 Å². The van der Waals surface area contributed by atoms with E-state index in [4.69, 9.17) is 0 Å². The van der Waals surface area contributed by atoms with Crippen LogP contribution in [0.3, 0.4) is 0 Å². The third-order valence-corrected chi connectivity index (χ3v) is 7.23. The van der Waals surface area contributed by atoms with E-state index in [0.29, 0.717) is 16.9 Å². The number of carbonyl (C=O) groups excluding carboxylic acids is 1. The first kappa shape index (κ1) is 19.9. The summed E-state index contributed by atoms with van der Waals surface area (Å²) < 4.78 is 55.1. The number of amides is 1. The number of rotatable bonds is 6. The van der Waals surface area contributed by atoms with Gasteiger partial charge in [0.2, 0.25) is 5.91 Å². The third-order valence-electron chi connectivity index (χ3n) is 4.45. The van der Waals surface area contributed by atoms with Crippen molar-refractivity contribution in [3.05, 3.63) is 78.4 Å². The number of hydrogen-bond acceptors (Lipinski definition) is 5. The molecule has 0 saturated carbocycles. The molecular formula is C20H17N3O5S2. The lowest BCUT2D eigenvalue weighted by atomic mass is 10.2. The molecule has 0 atom stereocenters. The molecule has 0 radical (unpaired) electrons. The maximum atomic E-state index is 12.7. The van der Waals surface area contributed by atoms with Crippen molar-refractivity contribution in [2.45, 2.75) is 16.2 Å². The van der Waals surface area contributed by atoms with Gasteiger partial charge in [-0.3, -0.25) is 14.2 Å². The summed E-state index contributed by atoms with van der Waals surface area (Å²) in [5.41, 5.74) is 1.84. The molecule has 0 fully saturated rings. The van der Waals surface area contributed by atoms with E-state index in [-0.39, 0.29) is 27.8 Å². The molecule has 8 nitrogen and oxygen atoms in total. The lowest BCUT2D eigenvalue weighted by Gasteiger charge is -2.11. The summed E-state index contributed by atoms with van der Waals surface area (Å²) in [5.74, 6) is -0.187. The van der Waals surface area contributed by atoms with Crippen molar-refractivity contribution < 1.29 is 21.6 Å². The Morgan fingerprint density at radius 3 is 1.93 bits per heavy atom. The number of para-hydroxylation sites is 1. The summed E-state index contributed by atoms with van der Waals surface area (Å²) in [6, 6.07) is 18.2. The molecule has 0 spiro atoms. The lowest BCUT2D eigenvalue weighted by molar-refractivity contribution is -0.115. The standard InChI is InChI=1S/C20H17N3O5S2/c24-20-13-14-12-18(10-11-19(14)21-20)30(27,28)23-16-6-8-17(9-7-16)29(25,26)22-15-4-2-1-3-5-15/h1-12,22-23H,13H2,(H,21,24). The monoisotopic (exact) mass is 443 g/mol. The predicted octanol–water partition coefficient (Wildman–Crippen LogP) is 2.78. The fraction of sp³-hybridized carbons (Fsp3) is 0.0500. The van der Waals surface area contributed by atoms with E-state index in [0.717, 1.165) is 0 Å². The topological polar surface area (TPSA) is 121 Å². The third kappa shape index (κ3) is 4.14. The summed E-state index contributed by atoms with van der Waals surface area (Å²) in [5, 5.41) is 2.65. The van der Waals surface area contributed by atoms with Crippen molar-refractivity contribution in [3.63, 3.8) is 0 Å². The fourth-order valence-electron chi connectivity index (χ4n) is 3.01. The Balaban J connectivity index is 1.52. The Labute approximate surface area is 174 Å². The molecule has 154 valence electrons. The number of benzene rings is 3. The van der Waals surface area contributed by atoms with Crippen molar-refractivity contribution in [2.24, 2.45) is 0 Å². The van der Waals surface area contributed by atoms with Gasteiger partial charge in [-0.1, -0.05) is 18.2 Å². The molecule has 4 rings (SSSR count). The van der Waals surface area contributed by atoms with E-state index < -0.39 is 20.0 Å². The zero-order valence-corrected chi connectivity index (χ0v) is 17.1. The molecule has 10 heteroatoms. The molecule has 1 aliphatic heterocycles. The second kappa shape index (κ2) is 7.47. The number of fused-ring (bicyclic) bond motifs is 1. The Morgan fingerprint density at radius 2 is 1.27 bits per heavy atom. The van der Waals surface area contributed by atoms with Gasteiger partial charge in [0.1, 0.15) is 0 Å². The van der Waals surface area contributed by atoms with Crippen LogP contribution in [0.1, 0.15) is 5.56 Å². The van der Waals surface area contributed by atoms with Gasteiger partial charge in [-0.2, -0.15) is 0 Å². The highest BCUT2D eigenvalue weighted by Gasteiger charge is 2.22. The normalized spacial score (nSPS) is 13.4. The van der Waals surface area contributed by atoms with Gasteiger partial charge in [-0.25, -0.2) is 16.8 Å². The average Bonchev–Trinajstić information content (AvgIpc) is 3.08. The zero-order chi connectivity index (χ0) is 21.4. The number of carbonyl (C=O) groups is 1. The van der Waals surface area contributed by atoms with Crippen LogP contribution in [0.5, 0.6) is 0 Å². The summed E-state index contributed by atoms with van der Waals surface area (Å²) in [6.45, 7) is 0. The van der Waals surface area contributed by atoms with Gasteiger partial charge in [0, 0.05) is 17.1 Å². The Morgan fingerprint density at radius 1 is 0.700 bits per heavy atom. The molecule has 3 aromatic carbocycles. The number of hydrogen-bond donors (Lipinski definition) is 3. The van der Waals surface area contributed by atoms with Crippen molar-refractivity contribution >= 4 is 43.0 Å². The Bertz CT molecular complexity index is 1320. The van der Waals surface area contributed by atoms with Gasteiger partial charge in [-0.15, -0.1) is 0 Å². The molecule has 1 amide bonds. The molecule has 30 heavy (non-hydrogen) atoms. The first-order chi connectivity index (χ1) is 14.2. The highest BCUT2D eigenvalue weighted by molar-refractivity contribution is 7.93. The van der Waals surface area contributed by atoms with E-state index in [2.05, 4.69) is 14.8 Å². The summed E-state index contributed by atoms with van der Waals surface area (Å²) in [4.78, 5) is 11.5. The second-order valence-corrected chi connectivity index (χ2v) is 10.0. The van der Waals surface area contributed by atoms with Gasteiger partial charge < -0.3 is 5.32 Å². The Kier molecular flexibility index (Phi) is 4.96. The quantitative estimate of drug-likeness (QED) is 0.541. The van der Waals surface area contributed by atoms with Gasteiger partial charge in [0.05, 0.1) is 16.2 Å². The van der Waals surface area contributed by atoms with Crippen LogP contribution < -0.4 is 14.8 Å².